The van der Waals surface area contributed by atoms with Crippen molar-refractivity contribution in [2.24, 2.45) is 17.2 Å². The van der Waals surface area contributed by atoms with E-state index in [9.17, 15) is 0 Å². The quantitative estimate of drug-likeness (QED) is 0.390. The fourth-order valence-electron chi connectivity index (χ4n) is 0.748. The van der Waals surface area contributed by atoms with Crippen molar-refractivity contribution < 1.29 is 0 Å². The Hall–Kier alpha value is -0.800. The molecule has 0 radical (unpaired) electrons. The molecule has 1 aliphatic carbocycles. The molecule has 3 heteroatoms. The average Bonchev–Trinajstić information content (AvgIpc) is 1.83. The summed E-state index contributed by atoms with van der Waals surface area (Å²) in [7, 11) is 0. The van der Waals surface area contributed by atoms with Crippen LogP contribution in [0.3, 0.4) is 0 Å². The van der Waals surface area contributed by atoms with Crippen molar-refractivity contribution in [1.82, 2.24) is 0 Å². The molecule has 0 aliphatic heterocycles. The zero-order chi connectivity index (χ0) is 6.85. The summed E-state index contributed by atoms with van der Waals surface area (Å²) >= 11 is 0. The summed E-state index contributed by atoms with van der Waals surface area (Å²) in [6.45, 7) is 0. The first-order valence-corrected chi connectivity index (χ1v) is 2.87. The Labute approximate surface area is 54.2 Å². The average molecular weight is 125 g/mol. The molecular weight excluding hydrogens is 114 g/mol. The lowest BCUT2D eigenvalue weighted by atomic mass is 10.0. The third-order valence-corrected chi connectivity index (χ3v) is 1.42. The molecule has 9 heavy (non-hydrogen) atoms. The molecule has 3 nitrogen and oxygen atoms in total. The van der Waals surface area contributed by atoms with Crippen LogP contribution in [-0.2, 0) is 0 Å². The molecule has 0 saturated heterocycles. The zero-order valence-corrected chi connectivity index (χ0v) is 5.12. The molecule has 0 fully saturated rings. The predicted octanol–water partition coefficient (Wildman–Crippen LogP) is -0.947. The van der Waals surface area contributed by atoms with E-state index < -0.39 is 0 Å². The van der Waals surface area contributed by atoms with Crippen molar-refractivity contribution in [1.29, 1.82) is 0 Å². The normalized spacial score (nSPS) is 34.2. The highest BCUT2D eigenvalue weighted by atomic mass is 14.8. The lowest BCUT2D eigenvalue weighted by molar-refractivity contribution is 0.659. The van der Waals surface area contributed by atoms with Gasteiger partial charge in [-0.05, 0) is 6.08 Å². The minimum Gasteiger partial charge on any atom is -0.401 e. The second kappa shape index (κ2) is 2.21. The summed E-state index contributed by atoms with van der Waals surface area (Å²) < 4.78 is 0. The highest BCUT2D eigenvalue weighted by Gasteiger charge is 2.14. The van der Waals surface area contributed by atoms with Crippen LogP contribution in [-0.4, -0.2) is 12.1 Å². The van der Waals surface area contributed by atoms with Crippen molar-refractivity contribution in [2.75, 3.05) is 0 Å². The van der Waals surface area contributed by atoms with Gasteiger partial charge in [0, 0.05) is 11.7 Å². The zero-order valence-electron chi connectivity index (χ0n) is 5.12. The maximum absolute atomic E-state index is 5.55. The number of hydrogen-bond donors (Lipinski definition) is 3. The van der Waals surface area contributed by atoms with Gasteiger partial charge in [-0.15, -0.1) is 0 Å². The van der Waals surface area contributed by atoms with E-state index in [4.69, 9.17) is 17.2 Å². The molecule has 0 saturated carbocycles. The van der Waals surface area contributed by atoms with Crippen molar-refractivity contribution >= 4 is 0 Å². The molecule has 2 unspecified atom stereocenters. The summed E-state index contributed by atoms with van der Waals surface area (Å²) in [6, 6.07) is -0.315. The molecule has 0 bridgehead atoms. The van der Waals surface area contributed by atoms with Gasteiger partial charge in [-0.2, -0.15) is 0 Å². The van der Waals surface area contributed by atoms with E-state index >= 15 is 0 Å². The first-order valence-electron chi connectivity index (χ1n) is 2.87. The van der Waals surface area contributed by atoms with E-state index in [1.807, 2.05) is 12.2 Å². The predicted molar refractivity (Wildman–Crippen MR) is 37.4 cm³/mol. The van der Waals surface area contributed by atoms with E-state index in [1.54, 1.807) is 6.08 Å². The number of allylic oxidation sites excluding steroid dienone is 2. The Morgan fingerprint density at radius 2 is 2.00 bits per heavy atom. The van der Waals surface area contributed by atoms with Crippen molar-refractivity contribution in [3.8, 4) is 0 Å². The second-order valence-corrected chi connectivity index (χ2v) is 2.15. The summed E-state index contributed by atoms with van der Waals surface area (Å²) in [6.07, 6.45) is 5.43. The third-order valence-electron chi connectivity index (χ3n) is 1.42. The van der Waals surface area contributed by atoms with Crippen molar-refractivity contribution in [2.45, 2.75) is 12.1 Å². The van der Waals surface area contributed by atoms with Crippen LogP contribution >= 0.6 is 0 Å². The summed E-state index contributed by atoms with van der Waals surface area (Å²) in [5.74, 6) is 0. The summed E-state index contributed by atoms with van der Waals surface area (Å²) in [5, 5.41) is 0. The Kier molecular flexibility index (Phi) is 1.55. The van der Waals surface area contributed by atoms with Gasteiger partial charge >= 0.3 is 0 Å². The Morgan fingerprint density at radius 3 is 2.44 bits per heavy atom. The van der Waals surface area contributed by atoms with Crippen LogP contribution in [0.4, 0.5) is 0 Å². The van der Waals surface area contributed by atoms with Gasteiger partial charge in [-0.3, -0.25) is 0 Å². The van der Waals surface area contributed by atoms with Crippen LogP contribution in [0, 0.1) is 0 Å². The van der Waals surface area contributed by atoms with Gasteiger partial charge in [-0.25, -0.2) is 0 Å². The van der Waals surface area contributed by atoms with E-state index in [0.29, 0.717) is 5.70 Å². The van der Waals surface area contributed by atoms with E-state index in [0.717, 1.165) is 0 Å². The van der Waals surface area contributed by atoms with Crippen LogP contribution in [0.25, 0.3) is 0 Å². The first kappa shape index (κ1) is 6.32. The van der Waals surface area contributed by atoms with E-state index in [1.165, 1.54) is 0 Å². The van der Waals surface area contributed by atoms with Gasteiger partial charge in [0.25, 0.3) is 0 Å². The summed E-state index contributed by atoms with van der Waals surface area (Å²) in [5.41, 5.74) is 17.2. The topological polar surface area (TPSA) is 78.1 Å². The molecule has 50 valence electrons. The fourth-order valence-corrected chi connectivity index (χ4v) is 0.748. The molecular formula is C6H11N3. The van der Waals surface area contributed by atoms with E-state index in [2.05, 4.69) is 0 Å². The molecule has 0 aromatic carbocycles. The van der Waals surface area contributed by atoms with Crippen LogP contribution in [0.1, 0.15) is 0 Å². The van der Waals surface area contributed by atoms with Gasteiger partial charge in [0.1, 0.15) is 0 Å². The molecule has 0 amide bonds. The smallest absolute Gasteiger partial charge is 0.0632 e. The minimum absolute atomic E-state index is 0.116. The van der Waals surface area contributed by atoms with Gasteiger partial charge in [0.05, 0.1) is 6.04 Å². The molecule has 0 spiro atoms. The SMILES string of the molecule is NC1=CC=CC(N)C1N. The maximum Gasteiger partial charge on any atom is 0.0632 e. The molecule has 2 atom stereocenters. The van der Waals surface area contributed by atoms with Crippen molar-refractivity contribution in [3.05, 3.63) is 23.9 Å². The number of hydrogen-bond acceptors (Lipinski definition) is 3. The fraction of sp³-hybridized carbons (Fsp3) is 0.333. The summed E-state index contributed by atoms with van der Waals surface area (Å²) in [4.78, 5) is 0. The molecule has 6 N–H and O–H groups in total. The van der Waals surface area contributed by atoms with Crippen LogP contribution in [0.5, 0.6) is 0 Å². The van der Waals surface area contributed by atoms with Crippen LogP contribution < -0.4 is 17.2 Å². The van der Waals surface area contributed by atoms with Crippen LogP contribution in [0.15, 0.2) is 23.9 Å². The standard InChI is InChI=1S/C6H11N3/c7-4-2-1-3-5(8)6(4)9/h1-4,6H,7-9H2. The molecule has 1 rings (SSSR count). The second-order valence-electron chi connectivity index (χ2n) is 2.15. The Morgan fingerprint density at radius 1 is 1.33 bits per heavy atom. The molecule has 0 aromatic heterocycles. The molecule has 1 aliphatic rings. The first-order chi connectivity index (χ1) is 4.22. The van der Waals surface area contributed by atoms with Crippen LogP contribution in [0.2, 0.25) is 0 Å². The van der Waals surface area contributed by atoms with Gasteiger partial charge in [0.15, 0.2) is 0 Å². The highest BCUT2D eigenvalue weighted by Crippen LogP contribution is 2.03. The maximum atomic E-state index is 5.55. The molecule has 0 heterocycles. The minimum atomic E-state index is -0.199. The van der Waals surface area contributed by atoms with Gasteiger partial charge in [-0.1, -0.05) is 12.2 Å². The highest BCUT2D eigenvalue weighted by molar-refractivity contribution is 5.25. The number of nitrogens with two attached hydrogens (primary N) is 3. The monoisotopic (exact) mass is 125 g/mol. The van der Waals surface area contributed by atoms with Gasteiger partial charge in [0.2, 0.25) is 0 Å². The van der Waals surface area contributed by atoms with Gasteiger partial charge < -0.3 is 17.2 Å². The molecule has 0 aromatic rings. The Balaban J connectivity index is 2.73. The largest absolute Gasteiger partial charge is 0.401 e. The Bertz CT molecular complexity index is 160. The lowest BCUT2D eigenvalue weighted by Crippen LogP contribution is -2.44. The van der Waals surface area contributed by atoms with E-state index in [-0.39, 0.29) is 12.1 Å². The third kappa shape index (κ3) is 1.12. The number of rotatable bonds is 0. The lowest BCUT2D eigenvalue weighted by Gasteiger charge is -2.19. The van der Waals surface area contributed by atoms with Crippen molar-refractivity contribution in [3.63, 3.8) is 0 Å².